The van der Waals surface area contributed by atoms with Crippen LogP contribution < -0.4 is 10.2 Å². The van der Waals surface area contributed by atoms with Gasteiger partial charge in [0, 0.05) is 43.6 Å². The number of benzene rings is 1. The molecule has 2 aromatic rings. The Bertz CT molecular complexity index is 547. The van der Waals surface area contributed by atoms with Crippen LogP contribution in [-0.4, -0.2) is 23.8 Å². The Morgan fingerprint density at radius 3 is 3.16 bits per heavy atom. The van der Waals surface area contributed by atoms with Crippen LogP contribution in [0.25, 0.3) is 0 Å². The van der Waals surface area contributed by atoms with Gasteiger partial charge in [-0.25, -0.2) is 0 Å². The molecule has 0 amide bonds. The van der Waals surface area contributed by atoms with Gasteiger partial charge in [0.25, 0.3) is 0 Å². The van der Waals surface area contributed by atoms with Crippen molar-refractivity contribution in [1.82, 2.24) is 15.5 Å². The monoisotopic (exact) mass is 256 g/mol. The van der Waals surface area contributed by atoms with E-state index in [1.165, 1.54) is 22.4 Å². The second kappa shape index (κ2) is 5.05. The minimum atomic E-state index is 0.315. The molecule has 0 fully saturated rings. The van der Waals surface area contributed by atoms with Gasteiger partial charge in [0.05, 0.1) is 6.20 Å². The molecule has 4 heteroatoms. The maximum atomic E-state index is 3.98. The normalized spacial score (nSPS) is 15.6. The van der Waals surface area contributed by atoms with Crippen molar-refractivity contribution in [2.45, 2.75) is 25.9 Å². The number of H-pyrrole nitrogens is 1. The highest BCUT2D eigenvalue weighted by Gasteiger charge is 2.15. The van der Waals surface area contributed by atoms with Gasteiger partial charge in [0.2, 0.25) is 0 Å². The maximum absolute atomic E-state index is 3.98. The zero-order valence-electron chi connectivity index (χ0n) is 11.5. The first-order chi connectivity index (χ1) is 9.24. The van der Waals surface area contributed by atoms with Gasteiger partial charge in [0.15, 0.2) is 0 Å². The Labute approximate surface area is 113 Å². The van der Waals surface area contributed by atoms with Crippen molar-refractivity contribution < 1.29 is 0 Å². The van der Waals surface area contributed by atoms with Crippen LogP contribution >= 0.6 is 0 Å². The van der Waals surface area contributed by atoms with Gasteiger partial charge >= 0.3 is 0 Å². The summed E-state index contributed by atoms with van der Waals surface area (Å²) in [6, 6.07) is 7.10. The lowest BCUT2D eigenvalue weighted by atomic mass is 10.1. The van der Waals surface area contributed by atoms with E-state index < -0.39 is 0 Å². The Morgan fingerprint density at radius 1 is 1.47 bits per heavy atom. The van der Waals surface area contributed by atoms with Gasteiger partial charge < -0.3 is 10.2 Å². The highest BCUT2D eigenvalue weighted by atomic mass is 15.1. The summed E-state index contributed by atoms with van der Waals surface area (Å²) < 4.78 is 0. The first-order valence-electron chi connectivity index (χ1n) is 6.79. The second-order valence-corrected chi connectivity index (χ2v) is 5.27. The lowest BCUT2D eigenvalue weighted by Crippen LogP contribution is -2.17. The number of nitrogens with one attached hydrogen (secondary N) is 2. The number of hydrogen-bond acceptors (Lipinski definition) is 3. The summed E-state index contributed by atoms with van der Waals surface area (Å²) in [7, 11) is 2.16. The molecule has 0 saturated carbocycles. The van der Waals surface area contributed by atoms with Crippen LogP contribution in [0, 0.1) is 0 Å². The van der Waals surface area contributed by atoms with E-state index in [1.807, 2.05) is 12.4 Å². The van der Waals surface area contributed by atoms with E-state index in [0.717, 1.165) is 19.5 Å². The van der Waals surface area contributed by atoms with Crippen molar-refractivity contribution in [2.24, 2.45) is 0 Å². The average molecular weight is 256 g/mol. The Balaban J connectivity index is 1.65. The van der Waals surface area contributed by atoms with E-state index in [9.17, 15) is 0 Å². The minimum Gasteiger partial charge on any atom is -0.374 e. The van der Waals surface area contributed by atoms with Crippen molar-refractivity contribution in [1.29, 1.82) is 0 Å². The van der Waals surface area contributed by atoms with Gasteiger partial charge in [-0.2, -0.15) is 5.10 Å². The van der Waals surface area contributed by atoms with Gasteiger partial charge in [-0.15, -0.1) is 0 Å². The molecule has 0 bridgehead atoms. The first kappa shape index (κ1) is 12.2. The van der Waals surface area contributed by atoms with Crippen molar-refractivity contribution in [3.63, 3.8) is 0 Å². The fraction of sp³-hybridized carbons (Fsp3) is 0.400. The molecule has 1 aliphatic rings. The number of nitrogens with zero attached hydrogens (tertiary/aromatic N) is 2. The van der Waals surface area contributed by atoms with Gasteiger partial charge in [-0.3, -0.25) is 5.10 Å². The molecule has 1 unspecified atom stereocenters. The van der Waals surface area contributed by atoms with E-state index in [2.05, 4.69) is 52.6 Å². The number of hydrogen-bond donors (Lipinski definition) is 2. The fourth-order valence-electron chi connectivity index (χ4n) is 2.62. The van der Waals surface area contributed by atoms with Gasteiger partial charge in [0.1, 0.15) is 0 Å². The molecule has 0 saturated heterocycles. The lowest BCUT2D eigenvalue weighted by molar-refractivity contribution is 0.575. The molecule has 4 nitrogen and oxygen atoms in total. The Kier molecular flexibility index (Phi) is 3.25. The SMILES string of the molecule is CC(NCc1ccc2c(c1)CCN2C)c1cn[nH]c1. The van der Waals surface area contributed by atoms with E-state index in [4.69, 9.17) is 0 Å². The van der Waals surface area contributed by atoms with Crippen molar-refractivity contribution in [3.05, 3.63) is 47.3 Å². The van der Waals surface area contributed by atoms with Crippen molar-refractivity contribution >= 4 is 5.69 Å². The predicted octanol–water partition coefficient (Wildman–Crippen LogP) is 2.25. The molecule has 0 radical (unpaired) electrons. The average Bonchev–Trinajstić information content (AvgIpc) is 3.06. The largest absolute Gasteiger partial charge is 0.374 e. The van der Waals surface area contributed by atoms with Crippen LogP contribution in [0.1, 0.15) is 29.7 Å². The maximum Gasteiger partial charge on any atom is 0.0534 e. The second-order valence-electron chi connectivity index (χ2n) is 5.27. The molecule has 1 atom stereocenters. The number of likely N-dealkylation sites (N-methyl/N-ethyl adjacent to an activating group) is 1. The van der Waals surface area contributed by atoms with Crippen LogP contribution in [-0.2, 0) is 13.0 Å². The van der Waals surface area contributed by atoms with Crippen LogP contribution in [0.2, 0.25) is 0 Å². The summed E-state index contributed by atoms with van der Waals surface area (Å²) in [6.07, 6.45) is 4.97. The molecule has 1 aromatic heterocycles. The zero-order chi connectivity index (χ0) is 13.2. The van der Waals surface area contributed by atoms with Crippen LogP contribution in [0.4, 0.5) is 5.69 Å². The van der Waals surface area contributed by atoms with Crippen molar-refractivity contribution in [2.75, 3.05) is 18.5 Å². The standard InChI is InChI=1S/C15H20N4/c1-11(14-9-17-18-10-14)16-8-12-3-4-15-13(7-12)5-6-19(15)2/h3-4,7,9-11,16H,5-6,8H2,1-2H3,(H,17,18). The third-order valence-corrected chi connectivity index (χ3v) is 3.90. The first-order valence-corrected chi connectivity index (χ1v) is 6.79. The van der Waals surface area contributed by atoms with E-state index >= 15 is 0 Å². The van der Waals surface area contributed by atoms with Crippen LogP contribution in [0.5, 0.6) is 0 Å². The number of rotatable bonds is 4. The highest BCUT2D eigenvalue weighted by molar-refractivity contribution is 5.58. The molecule has 2 heterocycles. The molecule has 19 heavy (non-hydrogen) atoms. The lowest BCUT2D eigenvalue weighted by Gasteiger charge is -2.14. The summed E-state index contributed by atoms with van der Waals surface area (Å²) in [5, 5.41) is 10.4. The topological polar surface area (TPSA) is 44.0 Å². The molecule has 1 aliphatic heterocycles. The van der Waals surface area contributed by atoms with Gasteiger partial charge in [-0.05, 0) is 30.5 Å². The third kappa shape index (κ3) is 2.49. The number of aromatic nitrogens is 2. The van der Waals surface area contributed by atoms with Gasteiger partial charge in [-0.1, -0.05) is 12.1 Å². The molecule has 3 rings (SSSR count). The smallest absolute Gasteiger partial charge is 0.0534 e. The fourth-order valence-corrected chi connectivity index (χ4v) is 2.62. The van der Waals surface area contributed by atoms with E-state index in [1.54, 1.807) is 0 Å². The molecule has 1 aromatic carbocycles. The number of anilines is 1. The summed E-state index contributed by atoms with van der Waals surface area (Å²) >= 11 is 0. The predicted molar refractivity (Wildman–Crippen MR) is 77.3 cm³/mol. The molecular weight excluding hydrogens is 236 g/mol. The zero-order valence-corrected chi connectivity index (χ0v) is 11.5. The summed E-state index contributed by atoms with van der Waals surface area (Å²) in [4.78, 5) is 2.32. The highest BCUT2D eigenvalue weighted by Crippen LogP contribution is 2.27. The third-order valence-electron chi connectivity index (χ3n) is 3.90. The van der Waals surface area contributed by atoms with E-state index in [-0.39, 0.29) is 0 Å². The van der Waals surface area contributed by atoms with Crippen LogP contribution in [0.3, 0.4) is 0 Å². The number of fused-ring (bicyclic) bond motifs is 1. The Morgan fingerprint density at radius 2 is 2.37 bits per heavy atom. The molecular formula is C15H20N4. The summed E-state index contributed by atoms with van der Waals surface area (Å²) in [5.41, 5.74) is 5.40. The van der Waals surface area contributed by atoms with E-state index in [0.29, 0.717) is 6.04 Å². The molecule has 2 N–H and O–H groups in total. The quantitative estimate of drug-likeness (QED) is 0.882. The Hall–Kier alpha value is -1.81. The summed E-state index contributed by atoms with van der Waals surface area (Å²) in [6.45, 7) is 4.19. The molecule has 100 valence electrons. The molecule has 0 aliphatic carbocycles. The summed E-state index contributed by atoms with van der Waals surface area (Å²) in [5.74, 6) is 0. The van der Waals surface area contributed by atoms with Crippen molar-refractivity contribution in [3.8, 4) is 0 Å². The molecule has 0 spiro atoms. The minimum absolute atomic E-state index is 0.315. The number of aromatic amines is 1. The van der Waals surface area contributed by atoms with Crippen LogP contribution in [0.15, 0.2) is 30.6 Å².